The zero-order valence-corrected chi connectivity index (χ0v) is 17.9. The molecule has 3 heterocycles. The van der Waals surface area contributed by atoms with E-state index >= 15 is 0 Å². The highest BCUT2D eigenvalue weighted by Gasteiger charge is 2.33. The summed E-state index contributed by atoms with van der Waals surface area (Å²) in [5.74, 6) is 0.901. The van der Waals surface area contributed by atoms with Gasteiger partial charge in [0.25, 0.3) is 0 Å². The molecule has 144 valence electrons. The van der Waals surface area contributed by atoms with Gasteiger partial charge in [-0.3, -0.25) is 9.88 Å². The van der Waals surface area contributed by atoms with Crippen LogP contribution in [0.2, 0.25) is 5.02 Å². The molecule has 0 aliphatic carbocycles. The van der Waals surface area contributed by atoms with E-state index in [9.17, 15) is 0 Å². The van der Waals surface area contributed by atoms with Gasteiger partial charge in [0.05, 0.1) is 11.7 Å². The first-order valence-electron chi connectivity index (χ1n) is 9.07. The predicted molar refractivity (Wildman–Crippen MR) is 117 cm³/mol. The molecule has 2 aliphatic rings. The second kappa shape index (κ2) is 8.75. The van der Waals surface area contributed by atoms with Crippen LogP contribution in [0.3, 0.4) is 0 Å². The maximum atomic E-state index is 8.92. The maximum absolute atomic E-state index is 8.92. The number of piperazine rings is 1. The van der Waals surface area contributed by atoms with Crippen LogP contribution in [-0.4, -0.2) is 52.4 Å². The number of aliphatic imine (C=N–C) groups is 1. The third-order valence-corrected chi connectivity index (χ3v) is 7.19. The molecule has 1 saturated heterocycles. The number of aromatic nitrogens is 1. The lowest BCUT2D eigenvalue weighted by molar-refractivity contribution is 0.148. The van der Waals surface area contributed by atoms with Crippen molar-refractivity contribution < 1.29 is 0 Å². The smallest absolute Gasteiger partial charge is 0.208 e. The fraction of sp³-hybridized carbons (Fsp3) is 0.350. The Balaban J connectivity index is 1.66. The van der Waals surface area contributed by atoms with Crippen LogP contribution in [-0.2, 0) is 5.75 Å². The Morgan fingerprint density at radius 1 is 1.32 bits per heavy atom. The van der Waals surface area contributed by atoms with E-state index in [0.29, 0.717) is 0 Å². The van der Waals surface area contributed by atoms with Crippen LogP contribution in [0.25, 0.3) is 0 Å². The third kappa shape index (κ3) is 3.87. The van der Waals surface area contributed by atoms with Gasteiger partial charge in [0.15, 0.2) is 5.17 Å². The minimum Gasteiger partial charge on any atom is -0.348 e. The summed E-state index contributed by atoms with van der Waals surface area (Å²) in [6.07, 6.45) is 5.77. The summed E-state index contributed by atoms with van der Waals surface area (Å²) in [6.45, 7) is 3.46. The van der Waals surface area contributed by atoms with Gasteiger partial charge in [-0.1, -0.05) is 35.5 Å². The van der Waals surface area contributed by atoms with Gasteiger partial charge in [-0.05, 0) is 35.6 Å². The summed E-state index contributed by atoms with van der Waals surface area (Å²) in [5, 5.41) is 10.5. The number of rotatable bonds is 1. The van der Waals surface area contributed by atoms with Gasteiger partial charge in [-0.25, -0.2) is 0 Å². The van der Waals surface area contributed by atoms with E-state index in [4.69, 9.17) is 21.8 Å². The molecular weight excluding hydrogens is 410 g/mol. The molecule has 0 amide bonds. The van der Waals surface area contributed by atoms with Crippen molar-refractivity contribution >= 4 is 40.3 Å². The maximum Gasteiger partial charge on any atom is 0.208 e. The Kier molecular flexibility index (Phi) is 6.12. The van der Waals surface area contributed by atoms with E-state index in [1.807, 2.05) is 42.5 Å². The molecule has 1 atom stereocenters. The van der Waals surface area contributed by atoms with Gasteiger partial charge in [-0.15, -0.1) is 16.8 Å². The molecule has 1 aromatic heterocycles. The second-order valence-electron chi connectivity index (χ2n) is 6.64. The van der Waals surface area contributed by atoms with E-state index < -0.39 is 0 Å². The number of halogens is 1. The summed E-state index contributed by atoms with van der Waals surface area (Å²) in [7, 11) is 0. The van der Waals surface area contributed by atoms with Crippen molar-refractivity contribution in [2.45, 2.75) is 16.7 Å². The number of pyridine rings is 1. The average Bonchev–Trinajstić information content (AvgIpc) is 2.89. The Labute approximate surface area is 178 Å². The van der Waals surface area contributed by atoms with Crippen LogP contribution in [0.15, 0.2) is 46.4 Å². The van der Waals surface area contributed by atoms with Crippen LogP contribution in [0.5, 0.6) is 0 Å². The minimum atomic E-state index is 0.117. The molecule has 1 fully saturated rings. The zero-order valence-electron chi connectivity index (χ0n) is 15.5. The molecule has 8 heteroatoms. The van der Waals surface area contributed by atoms with Crippen LogP contribution in [0, 0.1) is 11.5 Å². The largest absolute Gasteiger partial charge is 0.348 e. The highest BCUT2D eigenvalue weighted by Crippen LogP contribution is 2.42. The lowest BCUT2D eigenvalue weighted by atomic mass is 9.97. The number of fused-ring (bicyclic) bond motifs is 2. The topological polar surface area (TPSA) is 55.5 Å². The molecule has 2 aliphatic heterocycles. The first-order valence-corrected chi connectivity index (χ1v) is 11.7. The molecule has 1 unspecified atom stereocenters. The molecule has 0 saturated carbocycles. The van der Waals surface area contributed by atoms with Crippen molar-refractivity contribution in [1.29, 1.82) is 5.26 Å². The third-order valence-electron chi connectivity index (χ3n) is 5.12. The number of benzene rings is 1. The molecule has 4 rings (SSSR count). The van der Waals surface area contributed by atoms with Crippen molar-refractivity contribution in [2.75, 3.05) is 32.4 Å². The number of hydrogen-bond donors (Lipinski definition) is 0. The Morgan fingerprint density at radius 3 is 2.89 bits per heavy atom. The number of nitrogens with zero attached hydrogens (tertiary/aromatic N) is 5. The number of hydrogen-bond acceptors (Lipinski definition) is 6. The fourth-order valence-electron chi connectivity index (χ4n) is 3.81. The Bertz CT molecular complexity index is 934. The number of thioether (sulfide) groups is 2. The molecule has 1 aromatic carbocycles. The van der Waals surface area contributed by atoms with Gasteiger partial charge >= 0.3 is 0 Å². The molecular formula is C20H20ClN5S2. The first kappa shape index (κ1) is 19.6. The van der Waals surface area contributed by atoms with Crippen molar-refractivity contribution in [1.82, 2.24) is 14.8 Å². The van der Waals surface area contributed by atoms with Gasteiger partial charge in [0.2, 0.25) is 6.19 Å². The van der Waals surface area contributed by atoms with E-state index in [-0.39, 0.29) is 6.04 Å². The summed E-state index contributed by atoms with van der Waals surface area (Å²) >= 11 is 9.64. The van der Waals surface area contributed by atoms with Crippen molar-refractivity contribution in [3.63, 3.8) is 0 Å². The van der Waals surface area contributed by atoms with Gasteiger partial charge in [0.1, 0.15) is 0 Å². The molecule has 2 aromatic rings. The summed E-state index contributed by atoms with van der Waals surface area (Å²) in [6, 6.07) is 10.5. The second-order valence-corrected chi connectivity index (χ2v) is 8.87. The van der Waals surface area contributed by atoms with Gasteiger partial charge in [0, 0.05) is 48.0 Å². The molecule has 28 heavy (non-hydrogen) atoms. The summed E-state index contributed by atoms with van der Waals surface area (Å²) in [5.41, 5.74) is 3.69. The standard InChI is InChI=1S/C20H20ClN5S2/c1-27-20(24-13-22)26-9-7-25(8-10-26)19-16-5-4-15(21)11-17(16)28-12-14-3-2-6-23-18(14)19/h2-6,11,19H,7-10,12H2,1H3. The van der Waals surface area contributed by atoms with Crippen molar-refractivity contribution in [2.24, 2.45) is 4.99 Å². The highest BCUT2D eigenvalue weighted by atomic mass is 35.5. The van der Waals surface area contributed by atoms with E-state index in [0.717, 1.165) is 47.8 Å². The molecule has 0 spiro atoms. The SMILES string of the molecule is CSC(=NC#N)N1CCN(C2c3ccc(Cl)cc3SCc3cccnc32)CC1. The predicted octanol–water partition coefficient (Wildman–Crippen LogP) is 4.25. The summed E-state index contributed by atoms with van der Waals surface area (Å²) < 4.78 is 0. The van der Waals surface area contributed by atoms with E-state index in [1.54, 1.807) is 0 Å². The first-order chi connectivity index (χ1) is 13.7. The molecule has 5 nitrogen and oxygen atoms in total. The summed E-state index contributed by atoms with van der Waals surface area (Å²) in [4.78, 5) is 14.7. The quantitative estimate of drug-likeness (QED) is 0.383. The van der Waals surface area contributed by atoms with Gasteiger partial charge < -0.3 is 4.90 Å². The van der Waals surface area contributed by atoms with Crippen LogP contribution in [0.1, 0.15) is 22.9 Å². The molecule has 0 radical (unpaired) electrons. The zero-order chi connectivity index (χ0) is 19.5. The van der Waals surface area contributed by atoms with Crippen LogP contribution >= 0.6 is 35.1 Å². The lowest BCUT2D eigenvalue weighted by Gasteiger charge is -2.40. The monoisotopic (exact) mass is 429 g/mol. The van der Waals surface area contributed by atoms with Crippen molar-refractivity contribution in [3.8, 4) is 6.19 Å². The van der Waals surface area contributed by atoms with Crippen molar-refractivity contribution in [3.05, 3.63) is 58.4 Å². The highest BCUT2D eigenvalue weighted by molar-refractivity contribution is 8.13. The molecule has 0 N–H and O–H groups in total. The lowest BCUT2D eigenvalue weighted by Crippen LogP contribution is -2.49. The van der Waals surface area contributed by atoms with Crippen LogP contribution in [0.4, 0.5) is 0 Å². The Hall–Kier alpha value is -1.72. The van der Waals surface area contributed by atoms with Gasteiger partial charge in [-0.2, -0.15) is 5.26 Å². The average molecular weight is 430 g/mol. The fourth-order valence-corrected chi connectivity index (χ4v) is 5.73. The molecule has 0 bridgehead atoms. The number of nitriles is 1. The normalized spacial score (nSPS) is 20.1. The number of amidine groups is 1. The van der Waals surface area contributed by atoms with E-state index in [1.165, 1.54) is 27.8 Å². The minimum absolute atomic E-state index is 0.117. The van der Waals surface area contributed by atoms with E-state index in [2.05, 4.69) is 33.0 Å². The van der Waals surface area contributed by atoms with Crippen LogP contribution < -0.4 is 0 Å². The Morgan fingerprint density at radius 2 is 2.14 bits per heavy atom.